The van der Waals surface area contributed by atoms with Crippen molar-refractivity contribution in [2.24, 2.45) is 0 Å². The average molecular weight is 238 g/mol. The molecule has 0 saturated heterocycles. The average Bonchev–Trinajstić information content (AvgIpc) is 2.40. The number of nitrogens with zero attached hydrogens (tertiary/aromatic N) is 1. The van der Waals surface area contributed by atoms with Gasteiger partial charge < -0.3 is 9.47 Å². The van der Waals surface area contributed by atoms with E-state index in [1.54, 1.807) is 7.11 Å². The summed E-state index contributed by atoms with van der Waals surface area (Å²) in [6.45, 7) is 0. The van der Waals surface area contributed by atoms with Crippen molar-refractivity contribution in [1.82, 2.24) is 0 Å². The van der Waals surface area contributed by atoms with Crippen molar-refractivity contribution in [3.63, 3.8) is 0 Å². The van der Waals surface area contributed by atoms with Crippen molar-refractivity contribution < 1.29 is 9.47 Å². The van der Waals surface area contributed by atoms with Crippen molar-refractivity contribution >= 4 is 0 Å². The maximum absolute atomic E-state index is 8.60. The molecule has 2 aromatic carbocycles. The van der Waals surface area contributed by atoms with E-state index in [-0.39, 0.29) is 0 Å². The van der Waals surface area contributed by atoms with Crippen LogP contribution in [0.15, 0.2) is 48.5 Å². The van der Waals surface area contributed by atoms with Crippen LogP contribution in [0.4, 0.5) is 0 Å². The lowest BCUT2D eigenvalue weighted by Crippen LogP contribution is -1.87. The molecule has 0 fully saturated rings. The first-order valence-corrected chi connectivity index (χ1v) is 5.46. The Labute approximate surface area is 106 Å². The molecule has 0 unspecified atom stereocenters. The first-order chi connectivity index (χ1) is 8.81. The van der Waals surface area contributed by atoms with Crippen LogP contribution in [-0.2, 0) is 0 Å². The second-order valence-corrected chi connectivity index (χ2v) is 3.62. The molecule has 0 aliphatic heterocycles. The normalized spacial score (nSPS) is 9.56. The molecule has 0 aliphatic carbocycles. The summed E-state index contributed by atoms with van der Waals surface area (Å²) in [5.74, 6) is 2.21. The van der Waals surface area contributed by atoms with Gasteiger partial charge in [-0.05, 0) is 42.0 Å². The van der Waals surface area contributed by atoms with Gasteiger partial charge in [-0.3, -0.25) is 0 Å². The zero-order valence-corrected chi connectivity index (χ0v) is 9.96. The molecule has 0 bridgehead atoms. The van der Waals surface area contributed by atoms with E-state index >= 15 is 0 Å². The van der Waals surface area contributed by atoms with Gasteiger partial charge in [-0.2, -0.15) is 5.26 Å². The fourth-order valence-electron chi connectivity index (χ4n) is 1.52. The standard InChI is InChI=1S/C15H12NO2/c1-17-13-5-7-14(8-6-13)18-15-4-2-3-12(11-15)9-10-16/h2-9,11H,1H3. The fraction of sp³-hybridized carbons (Fsp3) is 0.0667. The van der Waals surface area contributed by atoms with Crippen LogP contribution in [0.1, 0.15) is 5.56 Å². The summed E-state index contributed by atoms with van der Waals surface area (Å²) < 4.78 is 10.8. The van der Waals surface area contributed by atoms with E-state index in [4.69, 9.17) is 14.7 Å². The highest BCUT2D eigenvalue weighted by atomic mass is 16.5. The zero-order valence-electron chi connectivity index (χ0n) is 9.96. The van der Waals surface area contributed by atoms with Crippen molar-refractivity contribution in [2.75, 3.05) is 7.11 Å². The van der Waals surface area contributed by atoms with Crippen molar-refractivity contribution in [1.29, 1.82) is 5.26 Å². The van der Waals surface area contributed by atoms with E-state index < -0.39 is 0 Å². The second kappa shape index (κ2) is 5.74. The Morgan fingerprint density at radius 3 is 2.39 bits per heavy atom. The Kier molecular flexibility index (Phi) is 3.83. The van der Waals surface area contributed by atoms with Gasteiger partial charge in [0.15, 0.2) is 0 Å². The molecule has 3 nitrogen and oxygen atoms in total. The van der Waals surface area contributed by atoms with Gasteiger partial charge in [-0.25, -0.2) is 0 Å². The quantitative estimate of drug-likeness (QED) is 0.817. The van der Waals surface area contributed by atoms with E-state index in [9.17, 15) is 0 Å². The molecule has 0 heterocycles. The van der Waals surface area contributed by atoms with Crippen LogP contribution >= 0.6 is 0 Å². The topological polar surface area (TPSA) is 42.2 Å². The molecule has 1 radical (unpaired) electrons. The van der Waals surface area contributed by atoms with Crippen molar-refractivity contribution in [3.8, 4) is 23.3 Å². The minimum atomic E-state index is 0.698. The predicted octanol–water partition coefficient (Wildman–Crippen LogP) is 3.56. The summed E-state index contributed by atoms with van der Waals surface area (Å²) in [4.78, 5) is 0. The Bertz CT molecular complexity index is 555. The zero-order chi connectivity index (χ0) is 12.8. The highest BCUT2D eigenvalue weighted by Crippen LogP contribution is 2.24. The molecule has 18 heavy (non-hydrogen) atoms. The number of benzene rings is 2. The summed E-state index contributed by atoms with van der Waals surface area (Å²) in [7, 11) is 1.62. The number of rotatable bonds is 4. The van der Waals surface area contributed by atoms with Gasteiger partial charge in [-0.1, -0.05) is 12.1 Å². The number of hydrogen-bond donors (Lipinski definition) is 0. The number of hydrogen-bond acceptors (Lipinski definition) is 3. The summed E-state index contributed by atoms with van der Waals surface area (Å²) in [5.41, 5.74) is 0.823. The van der Waals surface area contributed by atoms with Crippen LogP contribution in [0, 0.1) is 17.8 Å². The molecule has 0 aromatic heterocycles. The van der Waals surface area contributed by atoms with Crippen LogP contribution in [0.5, 0.6) is 17.2 Å². The first-order valence-electron chi connectivity index (χ1n) is 5.46. The van der Waals surface area contributed by atoms with Gasteiger partial charge >= 0.3 is 0 Å². The van der Waals surface area contributed by atoms with Gasteiger partial charge in [0.05, 0.1) is 19.6 Å². The van der Waals surface area contributed by atoms with Crippen molar-refractivity contribution in [2.45, 2.75) is 0 Å². The van der Waals surface area contributed by atoms with Crippen LogP contribution in [0.3, 0.4) is 0 Å². The minimum absolute atomic E-state index is 0.698. The van der Waals surface area contributed by atoms with Crippen LogP contribution < -0.4 is 9.47 Å². The monoisotopic (exact) mass is 238 g/mol. The molecule has 0 atom stereocenters. The van der Waals surface area contributed by atoms with Gasteiger partial charge in [0, 0.05) is 0 Å². The molecule has 0 aliphatic rings. The van der Waals surface area contributed by atoms with Crippen LogP contribution in [0.25, 0.3) is 0 Å². The fourth-order valence-corrected chi connectivity index (χ4v) is 1.52. The summed E-state index contributed by atoms with van der Waals surface area (Å²) in [6.07, 6.45) is 1.47. The molecule has 2 rings (SSSR count). The smallest absolute Gasteiger partial charge is 0.127 e. The molecule has 0 N–H and O–H groups in total. The lowest BCUT2D eigenvalue weighted by atomic mass is 10.1. The van der Waals surface area contributed by atoms with Gasteiger partial charge in [0.1, 0.15) is 17.2 Å². The number of nitriles is 1. The molecule has 0 amide bonds. The Morgan fingerprint density at radius 2 is 1.72 bits per heavy atom. The highest BCUT2D eigenvalue weighted by molar-refractivity contribution is 5.39. The predicted molar refractivity (Wildman–Crippen MR) is 68.5 cm³/mol. The third-order valence-corrected chi connectivity index (χ3v) is 2.38. The number of methoxy groups -OCH3 is 1. The lowest BCUT2D eigenvalue weighted by Gasteiger charge is -2.07. The SMILES string of the molecule is COc1ccc(Oc2cccc([CH]C#N)c2)cc1. The molecule has 0 spiro atoms. The van der Waals surface area contributed by atoms with Crippen LogP contribution in [0.2, 0.25) is 0 Å². The van der Waals surface area contributed by atoms with E-state index in [1.165, 1.54) is 6.42 Å². The molecular weight excluding hydrogens is 226 g/mol. The third-order valence-electron chi connectivity index (χ3n) is 2.38. The summed E-state index contributed by atoms with van der Waals surface area (Å²) >= 11 is 0. The highest BCUT2D eigenvalue weighted by Gasteiger charge is 2.00. The van der Waals surface area contributed by atoms with Crippen molar-refractivity contribution in [3.05, 3.63) is 60.5 Å². The van der Waals surface area contributed by atoms with E-state index in [0.717, 1.165) is 17.1 Å². The number of ether oxygens (including phenoxy) is 2. The maximum Gasteiger partial charge on any atom is 0.127 e. The Morgan fingerprint density at radius 1 is 1.00 bits per heavy atom. The summed E-state index contributed by atoms with van der Waals surface area (Å²) in [5, 5.41) is 8.60. The minimum Gasteiger partial charge on any atom is -0.497 e. The summed E-state index contributed by atoms with van der Waals surface area (Å²) in [6, 6.07) is 16.7. The third kappa shape index (κ3) is 3.02. The van der Waals surface area contributed by atoms with Gasteiger partial charge in [-0.15, -0.1) is 0 Å². The Hall–Kier alpha value is -2.47. The molecule has 3 heteroatoms. The Balaban J connectivity index is 2.12. The van der Waals surface area contributed by atoms with Crippen LogP contribution in [-0.4, -0.2) is 7.11 Å². The van der Waals surface area contributed by atoms with E-state index in [2.05, 4.69) is 0 Å². The molecule has 0 saturated carbocycles. The largest absolute Gasteiger partial charge is 0.497 e. The van der Waals surface area contributed by atoms with E-state index in [0.29, 0.717) is 5.75 Å². The lowest BCUT2D eigenvalue weighted by molar-refractivity contribution is 0.413. The molecule has 89 valence electrons. The second-order valence-electron chi connectivity index (χ2n) is 3.62. The first kappa shape index (κ1) is 12.0. The van der Waals surface area contributed by atoms with Gasteiger partial charge in [0.25, 0.3) is 0 Å². The molecular formula is C15H12NO2. The van der Waals surface area contributed by atoms with E-state index in [1.807, 2.05) is 54.6 Å². The van der Waals surface area contributed by atoms with Gasteiger partial charge in [0.2, 0.25) is 0 Å². The maximum atomic E-state index is 8.60. The molecule has 2 aromatic rings.